The fraction of sp³-hybridized carbons (Fsp3) is 0.909. The lowest BCUT2D eigenvalue weighted by molar-refractivity contribution is -0.122. The van der Waals surface area contributed by atoms with Crippen LogP contribution >= 0.6 is 0 Å². The topological polar surface area (TPSA) is 17.1 Å². The summed E-state index contributed by atoms with van der Waals surface area (Å²) in [6.45, 7) is 3.98. The van der Waals surface area contributed by atoms with E-state index in [1.165, 1.54) is 32.1 Å². The van der Waals surface area contributed by atoms with Crippen LogP contribution in [0.2, 0.25) is 0 Å². The normalized spacial score (nSPS) is 31.2. The molecule has 0 unspecified atom stereocenters. The predicted octanol–water partition coefficient (Wildman–Crippen LogP) is 3.18. The number of carbonyl (C=O) groups is 1. The summed E-state index contributed by atoms with van der Waals surface area (Å²) in [7, 11) is 0. The lowest BCUT2D eigenvalue weighted by Crippen LogP contribution is -2.19. The van der Waals surface area contributed by atoms with Crippen molar-refractivity contribution in [1.82, 2.24) is 0 Å². The first kappa shape index (κ1) is 9.76. The Kier molecular flexibility index (Phi) is 3.77. The zero-order chi connectivity index (χ0) is 8.97. The lowest BCUT2D eigenvalue weighted by Gasteiger charge is -2.20. The van der Waals surface area contributed by atoms with Crippen LogP contribution in [0, 0.1) is 11.8 Å². The molecule has 1 aliphatic carbocycles. The van der Waals surface area contributed by atoms with Crippen LogP contribution in [0.3, 0.4) is 0 Å². The number of carbonyl (C=O) groups excluding carboxylic acids is 1. The summed E-state index contributed by atoms with van der Waals surface area (Å²) in [5.41, 5.74) is 0. The molecule has 1 saturated carbocycles. The Morgan fingerprint density at radius 3 is 2.50 bits per heavy atom. The molecule has 1 heteroatoms. The maximum absolute atomic E-state index is 11.3. The summed E-state index contributed by atoms with van der Waals surface area (Å²) < 4.78 is 0. The number of rotatable bonds is 2. The van der Waals surface area contributed by atoms with Gasteiger partial charge in [0.15, 0.2) is 0 Å². The molecule has 2 atom stereocenters. The van der Waals surface area contributed by atoms with Crippen LogP contribution in [-0.2, 0) is 4.79 Å². The maximum Gasteiger partial charge on any atom is 0.133 e. The van der Waals surface area contributed by atoms with Crippen LogP contribution in [0.5, 0.6) is 0 Å². The molecular formula is C11H20O. The van der Waals surface area contributed by atoms with Crippen molar-refractivity contribution in [1.29, 1.82) is 0 Å². The molecule has 1 aliphatic rings. The van der Waals surface area contributed by atoms with Crippen molar-refractivity contribution >= 4 is 5.78 Å². The van der Waals surface area contributed by atoms with Gasteiger partial charge in [-0.25, -0.2) is 0 Å². The van der Waals surface area contributed by atoms with Gasteiger partial charge < -0.3 is 0 Å². The van der Waals surface area contributed by atoms with E-state index in [0.29, 0.717) is 17.6 Å². The minimum Gasteiger partial charge on any atom is -0.300 e. The van der Waals surface area contributed by atoms with Crippen molar-refractivity contribution in [3.8, 4) is 0 Å². The second-order valence-electron chi connectivity index (χ2n) is 4.02. The zero-order valence-corrected chi connectivity index (χ0v) is 8.31. The lowest BCUT2D eigenvalue weighted by atomic mass is 9.83. The smallest absolute Gasteiger partial charge is 0.133 e. The van der Waals surface area contributed by atoms with E-state index >= 15 is 0 Å². The highest BCUT2D eigenvalue weighted by Crippen LogP contribution is 2.31. The van der Waals surface area contributed by atoms with Gasteiger partial charge in [-0.05, 0) is 25.7 Å². The summed E-state index contributed by atoms with van der Waals surface area (Å²) >= 11 is 0. The van der Waals surface area contributed by atoms with Crippen LogP contribution < -0.4 is 0 Å². The highest BCUT2D eigenvalue weighted by atomic mass is 16.1. The third kappa shape index (κ3) is 2.33. The fourth-order valence-corrected chi connectivity index (χ4v) is 2.41. The van der Waals surface area contributed by atoms with Crippen molar-refractivity contribution in [2.45, 2.75) is 52.4 Å². The Hall–Kier alpha value is -0.330. The van der Waals surface area contributed by atoms with Gasteiger partial charge in [0.1, 0.15) is 5.78 Å². The molecule has 0 N–H and O–H groups in total. The van der Waals surface area contributed by atoms with Crippen LogP contribution in [-0.4, -0.2) is 5.78 Å². The van der Waals surface area contributed by atoms with Crippen molar-refractivity contribution in [2.75, 3.05) is 0 Å². The van der Waals surface area contributed by atoms with Crippen molar-refractivity contribution in [3.05, 3.63) is 0 Å². The molecular weight excluding hydrogens is 148 g/mol. The largest absolute Gasteiger partial charge is 0.300 e. The highest BCUT2D eigenvalue weighted by Gasteiger charge is 2.25. The van der Waals surface area contributed by atoms with E-state index in [2.05, 4.69) is 6.92 Å². The van der Waals surface area contributed by atoms with Gasteiger partial charge in [-0.2, -0.15) is 0 Å². The Bertz CT molecular complexity index is 151. The first-order chi connectivity index (χ1) is 5.75. The van der Waals surface area contributed by atoms with Crippen molar-refractivity contribution in [2.24, 2.45) is 11.8 Å². The van der Waals surface area contributed by atoms with E-state index in [0.717, 1.165) is 6.42 Å². The van der Waals surface area contributed by atoms with E-state index in [4.69, 9.17) is 0 Å². The summed E-state index contributed by atoms with van der Waals surface area (Å²) in [6, 6.07) is 0. The van der Waals surface area contributed by atoms with E-state index < -0.39 is 0 Å². The second kappa shape index (κ2) is 4.64. The highest BCUT2D eigenvalue weighted by molar-refractivity contribution is 5.78. The minimum absolute atomic E-state index is 0.387. The molecule has 0 aromatic carbocycles. The Balaban J connectivity index is 2.57. The van der Waals surface area contributed by atoms with Crippen molar-refractivity contribution < 1.29 is 4.79 Å². The molecule has 1 nitrogen and oxygen atoms in total. The molecule has 0 bridgehead atoms. The van der Waals surface area contributed by atoms with Crippen LogP contribution in [0.15, 0.2) is 0 Å². The van der Waals surface area contributed by atoms with Gasteiger partial charge in [0, 0.05) is 5.92 Å². The SMILES string of the molecule is CC[C@@H]1CCCCC[C@@H]1C(C)=O. The van der Waals surface area contributed by atoms with Gasteiger partial charge in [-0.1, -0.05) is 32.6 Å². The van der Waals surface area contributed by atoms with Gasteiger partial charge in [0.2, 0.25) is 0 Å². The molecule has 70 valence electrons. The third-order valence-electron chi connectivity index (χ3n) is 3.21. The van der Waals surface area contributed by atoms with Crippen LogP contribution in [0.25, 0.3) is 0 Å². The van der Waals surface area contributed by atoms with Gasteiger partial charge in [-0.15, -0.1) is 0 Å². The zero-order valence-electron chi connectivity index (χ0n) is 8.31. The first-order valence-electron chi connectivity index (χ1n) is 5.26. The summed E-state index contributed by atoms with van der Waals surface area (Å²) in [5.74, 6) is 1.49. The Labute approximate surface area is 75.5 Å². The molecule has 1 rings (SSSR count). The summed E-state index contributed by atoms with van der Waals surface area (Å²) in [5, 5.41) is 0. The molecule has 0 aliphatic heterocycles. The maximum atomic E-state index is 11.3. The molecule has 0 aromatic rings. The molecule has 1 fully saturated rings. The molecule has 0 radical (unpaired) electrons. The number of Topliss-reactive ketones (excluding diaryl/α,β-unsaturated/α-hetero) is 1. The molecule has 0 spiro atoms. The molecule has 12 heavy (non-hydrogen) atoms. The first-order valence-corrected chi connectivity index (χ1v) is 5.26. The van der Waals surface area contributed by atoms with Gasteiger partial charge in [-0.3, -0.25) is 4.79 Å². The van der Waals surface area contributed by atoms with Gasteiger partial charge in [0.05, 0.1) is 0 Å². The Morgan fingerprint density at radius 1 is 1.25 bits per heavy atom. The Morgan fingerprint density at radius 2 is 1.92 bits per heavy atom. The second-order valence-corrected chi connectivity index (χ2v) is 4.02. The fourth-order valence-electron chi connectivity index (χ4n) is 2.41. The average molecular weight is 168 g/mol. The molecule has 0 amide bonds. The van der Waals surface area contributed by atoms with E-state index in [1.807, 2.05) is 0 Å². The molecule has 0 saturated heterocycles. The van der Waals surface area contributed by atoms with Gasteiger partial charge >= 0.3 is 0 Å². The molecule has 0 aromatic heterocycles. The monoisotopic (exact) mass is 168 g/mol. The quantitative estimate of drug-likeness (QED) is 0.579. The minimum atomic E-state index is 0.387. The van der Waals surface area contributed by atoms with Crippen LogP contribution in [0.4, 0.5) is 0 Å². The number of hydrogen-bond donors (Lipinski definition) is 0. The third-order valence-corrected chi connectivity index (χ3v) is 3.21. The van der Waals surface area contributed by atoms with E-state index in [-0.39, 0.29) is 0 Å². The van der Waals surface area contributed by atoms with Crippen LogP contribution in [0.1, 0.15) is 52.4 Å². The summed E-state index contributed by atoms with van der Waals surface area (Å²) in [4.78, 5) is 11.3. The number of hydrogen-bond acceptors (Lipinski definition) is 1. The summed E-state index contributed by atoms with van der Waals surface area (Å²) in [6.07, 6.45) is 7.54. The molecule has 0 heterocycles. The standard InChI is InChI=1S/C11H20O/c1-3-10-7-5-4-6-8-11(10)9(2)12/h10-11H,3-8H2,1-2H3/t10-,11-/m1/s1. The predicted molar refractivity (Wildman–Crippen MR) is 51.0 cm³/mol. The van der Waals surface area contributed by atoms with E-state index in [9.17, 15) is 4.79 Å². The number of ketones is 1. The average Bonchev–Trinajstić information content (AvgIpc) is 2.27. The van der Waals surface area contributed by atoms with Gasteiger partial charge in [0.25, 0.3) is 0 Å². The van der Waals surface area contributed by atoms with Crippen molar-refractivity contribution in [3.63, 3.8) is 0 Å². The van der Waals surface area contributed by atoms with E-state index in [1.54, 1.807) is 6.92 Å².